The van der Waals surface area contributed by atoms with Crippen molar-refractivity contribution in [1.29, 1.82) is 0 Å². The predicted molar refractivity (Wildman–Crippen MR) is 98.9 cm³/mol. The number of hydrogen-bond acceptors (Lipinski definition) is 3. The number of aliphatic hydroxyl groups is 2. The summed E-state index contributed by atoms with van der Waals surface area (Å²) in [6, 6.07) is 14.1. The molecule has 2 N–H and O–H groups in total. The van der Waals surface area contributed by atoms with E-state index in [-0.39, 0.29) is 12.5 Å². The van der Waals surface area contributed by atoms with Gasteiger partial charge in [-0.15, -0.1) is 0 Å². The molecule has 2 atom stereocenters. The van der Waals surface area contributed by atoms with Crippen molar-refractivity contribution in [3.05, 3.63) is 59.9 Å². The van der Waals surface area contributed by atoms with Gasteiger partial charge in [-0.05, 0) is 43.4 Å². The average Bonchev–Trinajstić information content (AvgIpc) is 3.40. The summed E-state index contributed by atoms with van der Waals surface area (Å²) >= 11 is 0. The maximum absolute atomic E-state index is 13.1. The normalized spacial score (nSPS) is 26.1. The molecule has 0 bridgehead atoms. The molecule has 2 aromatic rings. The van der Waals surface area contributed by atoms with E-state index >= 15 is 0 Å². The fourth-order valence-electron chi connectivity index (χ4n) is 4.12. The Morgan fingerprint density at radius 2 is 1.88 bits per heavy atom. The van der Waals surface area contributed by atoms with E-state index in [2.05, 4.69) is 4.57 Å². The van der Waals surface area contributed by atoms with Crippen LogP contribution in [0.1, 0.15) is 41.4 Å². The molecule has 4 rings (SSSR count). The molecule has 1 aliphatic carbocycles. The first kappa shape index (κ1) is 17.3. The van der Waals surface area contributed by atoms with E-state index in [1.54, 1.807) is 4.90 Å². The highest BCUT2D eigenvalue weighted by molar-refractivity contribution is 5.93. The lowest BCUT2D eigenvalue weighted by atomic mass is 9.73. The molecule has 5 nitrogen and oxygen atoms in total. The topological polar surface area (TPSA) is 65.7 Å². The van der Waals surface area contributed by atoms with E-state index in [1.165, 1.54) is 0 Å². The molecule has 1 aromatic heterocycles. The number of aromatic nitrogens is 1. The summed E-state index contributed by atoms with van der Waals surface area (Å²) in [4.78, 5) is 14.9. The third-order valence-corrected chi connectivity index (χ3v) is 5.82. The summed E-state index contributed by atoms with van der Waals surface area (Å²) in [5.74, 6) is -0.000290. The van der Waals surface area contributed by atoms with Gasteiger partial charge in [0.15, 0.2) is 0 Å². The van der Waals surface area contributed by atoms with Crippen molar-refractivity contribution in [1.82, 2.24) is 9.47 Å². The number of likely N-dealkylation sites (tertiary alicyclic amines) is 1. The first-order valence-corrected chi connectivity index (χ1v) is 9.42. The van der Waals surface area contributed by atoms with Gasteiger partial charge in [0.05, 0.1) is 12.7 Å². The van der Waals surface area contributed by atoms with Crippen molar-refractivity contribution in [2.45, 2.75) is 37.8 Å². The molecule has 1 amide bonds. The molecule has 2 aliphatic rings. The molecule has 1 aliphatic heterocycles. The summed E-state index contributed by atoms with van der Waals surface area (Å²) in [7, 11) is 0. The first-order valence-electron chi connectivity index (χ1n) is 9.42. The summed E-state index contributed by atoms with van der Waals surface area (Å²) in [6.07, 6.45) is 4.66. The Morgan fingerprint density at radius 1 is 1.12 bits per heavy atom. The first-order chi connectivity index (χ1) is 12.6. The van der Waals surface area contributed by atoms with E-state index in [9.17, 15) is 15.0 Å². The van der Waals surface area contributed by atoms with Crippen molar-refractivity contribution >= 4 is 5.91 Å². The van der Waals surface area contributed by atoms with Crippen molar-refractivity contribution in [3.8, 4) is 0 Å². The van der Waals surface area contributed by atoms with Crippen LogP contribution in [-0.2, 0) is 6.42 Å². The Morgan fingerprint density at radius 3 is 2.58 bits per heavy atom. The SMILES string of the molecule is O=C(c1cccn1C1CC1)N1CC[C@@H](O)[C@@](CO)(Cc2ccccc2)C1. The van der Waals surface area contributed by atoms with Crippen LogP contribution in [-0.4, -0.2) is 51.4 Å². The maximum atomic E-state index is 13.1. The zero-order valence-electron chi connectivity index (χ0n) is 14.9. The number of piperidine rings is 1. The van der Waals surface area contributed by atoms with Crippen LogP contribution in [0, 0.1) is 5.41 Å². The van der Waals surface area contributed by atoms with Gasteiger partial charge < -0.3 is 19.7 Å². The van der Waals surface area contributed by atoms with Crippen LogP contribution in [0.3, 0.4) is 0 Å². The summed E-state index contributed by atoms with van der Waals surface area (Å²) in [5.41, 5.74) is 1.07. The van der Waals surface area contributed by atoms with Crippen LogP contribution in [0.5, 0.6) is 0 Å². The van der Waals surface area contributed by atoms with Gasteiger partial charge in [-0.2, -0.15) is 0 Å². The Balaban J connectivity index is 1.56. The molecule has 26 heavy (non-hydrogen) atoms. The van der Waals surface area contributed by atoms with Gasteiger partial charge in [0.25, 0.3) is 5.91 Å². The lowest BCUT2D eigenvalue weighted by Crippen LogP contribution is -2.56. The molecule has 5 heteroatoms. The molecule has 2 heterocycles. The van der Waals surface area contributed by atoms with E-state index in [0.29, 0.717) is 32.0 Å². The van der Waals surface area contributed by atoms with Crippen molar-refractivity contribution in [2.75, 3.05) is 19.7 Å². The number of carbonyl (C=O) groups excluding carboxylic acids is 1. The minimum absolute atomic E-state index is 0.000290. The van der Waals surface area contributed by atoms with Gasteiger partial charge in [0.2, 0.25) is 0 Å². The van der Waals surface area contributed by atoms with Crippen molar-refractivity contribution in [3.63, 3.8) is 0 Å². The molecule has 138 valence electrons. The Labute approximate surface area is 153 Å². The van der Waals surface area contributed by atoms with Crippen molar-refractivity contribution < 1.29 is 15.0 Å². The quantitative estimate of drug-likeness (QED) is 0.866. The molecule has 1 saturated carbocycles. The van der Waals surface area contributed by atoms with E-state index in [1.807, 2.05) is 48.7 Å². The molecule has 1 saturated heterocycles. The van der Waals surface area contributed by atoms with Crippen LogP contribution in [0.2, 0.25) is 0 Å². The molecular formula is C21H26N2O3. The molecule has 0 radical (unpaired) electrons. The molecule has 0 spiro atoms. The molecule has 0 unspecified atom stereocenters. The van der Waals surface area contributed by atoms with Gasteiger partial charge in [-0.1, -0.05) is 30.3 Å². The Kier molecular flexibility index (Phi) is 4.59. The van der Waals surface area contributed by atoms with Gasteiger partial charge >= 0.3 is 0 Å². The molecular weight excluding hydrogens is 328 g/mol. The van der Waals surface area contributed by atoms with Gasteiger partial charge in [-0.25, -0.2) is 0 Å². The van der Waals surface area contributed by atoms with Crippen LogP contribution >= 0.6 is 0 Å². The van der Waals surface area contributed by atoms with Gasteiger partial charge in [0.1, 0.15) is 5.69 Å². The Hall–Kier alpha value is -2.11. The fourth-order valence-corrected chi connectivity index (χ4v) is 4.12. The number of nitrogens with zero attached hydrogens (tertiary/aromatic N) is 2. The second-order valence-electron chi connectivity index (χ2n) is 7.75. The number of carbonyl (C=O) groups is 1. The fraction of sp³-hybridized carbons (Fsp3) is 0.476. The molecule has 1 aromatic carbocycles. The van der Waals surface area contributed by atoms with Gasteiger partial charge in [-0.3, -0.25) is 4.79 Å². The van der Waals surface area contributed by atoms with Crippen LogP contribution < -0.4 is 0 Å². The smallest absolute Gasteiger partial charge is 0.270 e. The minimum atomic E-state index is -0.716. The van der Waals surface area contributed by atoms with Crippen LogP contribution in [0.25, 0.3) is 0 Å². The highest BCUT2D eigenvalue weighted by Gasteiger charge is 2.44. The average molecular weight is 354 g/mol. The van der Waals surface area contributed by atoms with Crippen LogP contribution in [0.4, 0.5) is 0 Å². The number of hydrogen-bond donors (Lipinski definition) is 2. The largest absolute Gasteiger partial charge is 0.396 e. The number of rotatable bonds is 5. The third kappa shape index (κ3) is 3.17. The van der Waals surface area contributed by atoms with E-state index < -0.39 is 11.5 Å². The summed E-state index contributed by atoms with van der Waals surface area (Å²) in [5, 5.41) is 20.8. The highest BCUT2D eigenvalue weighted by Crippen LogP contribution is 2.38. The number of amides is 1. The summed E-state index contributed by atoms with van der Waals surface area (Å²) < 4.78 is 2.07. The Bertz CT molecular complexity index is 769. The van der Waals surface area contributed by atoms with Gasteiger partial charge in [0, 0.05) is 30.7 Å². The zero-order chi connectivity index (χ0) is 18.1. The zero-order valence-corrected chi connectivity index (χ0v) is 14.9. The highest BCUT2D eigenvalue weighted by atomic mass is 16.3. The second kappa shape index (κ2) is 6.89. The lowest BCUT2D eigenvalue weighted by molar-refractivity contribution is -0.0670. The standard InChI is InChI=1S/C21H26N2O3/c24-15-21(13-16-5-2-1-3-6-16)14-22(12-10-19(21)25)20(26)18-7-4-11-23(18)17-8-9-17/h1-7,11,17,19,24-25H,8-10,12-15H2/t19-,21+/m1/s1. The minimum Gasteiger partial charge on any atom is -0.396 e. The summed E-state index contributed by atoms with van der Waals surface area (Å²) in [6.45, 7) is 0.747. The molecule has 2 fully saturated rings. The number of benzene rings is 1. The monoisotopic (exact) mass is 354 g/mol. The third-order valence-electron chi connectivity index (χ3n) is 5.82. The number of aliphatic hydroxyl groups excluding tert-OH is 2. The van der Waals surface area contributed by atoms with E-state index in [4.69, 9.17) is 0 Å². The van der Waals surface area contributed by atoms with Crippen LogP contribution in [0.15, 0.2) is 48.7 Å². The lowest BCUT2D eigenvalue weighted by Gasteiger charge is -2.45. The second-order valence-corrected chi connectivity index (χ2v) is 7.75. The van der Waals surface area contributed by atoms with E-state index in [0.717, 1.165) is 24.1 Å². The predicted octanol–water partition coefficient (Wildman–Crippen LogP) is 2.25. The maximum Gasteiger partial charge on any atom is 0.270 e. The van der Waals surface area contributed by atoms with Crippen molar-refractivity contribution in [2.24, 2.45) is 5.41 Å².